The molecule has 0 fully saturated rings. The van der Waals surface area contributed by atoms with Gasteiger partial charge in [0, 0.05) is 0 Å². The standard InChI is InChI=1S/C18H14O6/c1-22-17(20)15-13(14(19)16(24-15)18(21)23-2)12-8-7-10-5-3-4-6-11(10)9-12/h3-9,19H,1-2H3. The third-order valence-electron chi connectivity index (χ3n) is 3.66. The zero-order valence-corrected chi connectivity index (χ0v) is 13.0. The van der Waals surface area contributed by atoms with Crippen molar-refractivity contribution in [1.29, 1.82) is 0 Å². The molecule has 0 amide bonds. The molecule has 0 saturated carbocycles. The molecular formula is C18H14O6. The monoisotopic (exact) mass is 326 g/mol. The summed E-state index contributed by atoms with van der Waals surface area (Å²) in [5, 5.41) is 12.3. The minimum absolute atomic E-state index is 0.0907. The van der Waals surface area contributed by atoms with Crippen molar-refractivity contribution in [3.05, 3.63) is 54.0 Å². The zero-order chi connectivity index (χ0) is 17.3. The molecule has 6 heteroatoms. The summed E-state index contributed by atoms with van der Waals surface area (Å²) in [4.78, 5) is 23.7. The van der Waals surface area contributed by atoms with Crippen molar-refractivity contribution in [2.45, 2.75) is 0 Å². The molecule has 0 bridgehead atoms. The molecule has 1 aromatic heterocycles. The Hall–Kier alpha value is -3.28. The first kappa shape index (κ1) is 15.6. The maximum Gasteiger partial charge on any atom is 0.377 e. The Morgan fingerprint density at radius 2 is 1.54 bits per heavy atom. The molecule has 24 heavy (non-hydrogen) atoms. The Morgan fingerprint density at radius 3 is 2.21 bits per heavy atom. The van der Waals surface area contributed by atoms with E-state index in [0.717, 1.165) is 17.9 Å². The lowest BCUT2D eigenvalue weighted by molar-refractivity contribution is 0.0529. The van der Waals surface area contributed by atoms with E-state index in [1.54, 1.807) is 12.1 Å². The molecular weight excluding hydrogens is 312 g/mol. The van der Waals surface area contributed by atoms with Gasteiger partial charge in [0.15, 0.2) is 5.75 Å². The van der Waals surface area contributed by atoms with Crippen LogP contribution in [0, 0.1) is 0 Å². The Bertz CT molecular complexity index is 938. The molecule has 122 valence electrons. The fourth-order valence-electron chi connectivity index (χ4n) is 2.50. The van der Waals surface area contributed by atoms with Crippen LogP contribution in [0.5, 0.6) is 5.75 Å². The van der Waals surface area contributed by atoms with Gasteiger partial charge in [0.25, 0.3) is 5.76 Å². The molecule has 0 aliphatic rings. The van der Waals surface area contributed by atoms with Crippen LogP contribution < -0.4 is 0 Å². The minimum Gasteiger partial charge on any atom is -0.504 e. The van der Waals surface area contributed by atoms with Gasteiger partial charge in [-0.25, -0.2) is 9.59 Å². The van der Waals surface area contributed by atoms with Crippen LogP contribution in [0.2, 0.25) is 0 Å². The van der Waals surface area contributed by atoms with E-state index in [1.165, 1.54) is 7.11 Å². The number of aromatic hydroxyl groups is 1. The van der Waals surface area contributed by atoms with E-state index in [2.05, 4.69) is 9.47 Å². The number of hydrogen-bond donors (Lipinski definition) is 1. The number of carbonyl (C=O) groups is 2. The van der Waals surface area contributed by atoms with Crippen molar-refractivity contribution >= 4 is 22.7 Å². The molecule has 1 N–H and O–H groups in total. The molecule has 0 aliphatic heterocycles. The number of furan rings is 1. The predicted octanol–water partition coefficient (Wildman–Crippen LogP) is 3.38. The quantitative estimate of drug-likeness (QED) is 0.743. The SMILES string of the molecule is COC(=O)c1oc(C(=O)OC)c(-c2ccc3ccccc3c2)c1O. The summed E-state index contributed by atoms with van der Waals surface area (Å²) in [5.74, 6) is -2.85. The Kier molecular flexibility index (Phi) is 3.95. The third-order valence-corrected chi connectivity index (χ3v) is 3.66. The lowest BCUT2D eigenvalue weighted by Gasteiger charge is -2.04. The van der Waals surface area contributed by atoms with Gasteiger partial charge >= 0.3 is 11.9 Å². The summed E-state index contributed by atoms with van der Waals surface area (Å²) in [6.07, 6.45) is 0. The topological polar surface area (TPSA) is 86.0 Å². The first-order valence-electron chi connectivity index (χ1n) is 7.08. The molecule has 3 aromatic rings. The van der Waals surface area contributed by atoms with Crippen molar-refractivity contribution in [3.63, 3.8) is 0 Å². The van der Waals surface area contributed by atoms with Gasteiger partial charge in [-0.1, -0.05) is 36.4 Å². The highest BCUT2D eigenvalue weighted by Gasteiger charge is 2.30. The van der Waals surface area contributed by atoms with E-state index in [-0.39, 0.29) is 11.3 Å². The minimum atomic E-state index is -0.885. The van der Waals surface area contributed by atoms with E-state index in [0.29, 0.717) is 5.56 Å². The number of esters is 2. The normalized spacial score (nSPS) is 10.6. The van der Waals surface area contributed by atoms with Crippen molar-refractivity contribution < 1.29 is 28.6 Å². The van der Waals surface area contributed by atoms with Gasteiger partial charge in [-0.05, 0) is 22.4 Å². The summed E-state index contributed by atoms with van der Waals surface area (Å²) in [7, 11) is 2.34. The second-order valence-corrected chi connectivity index (χ2v) is 5.03. The van der Waals surface area contributed by atoms with Crippen LogP contribution in [-0.2, 0) is 9.47 Å². The Balaban J connectivity index is 2.25. The summed E-state index contributed by atoms with van der Waals surface area (Å²) in [6, 6.07) is 13.0. The van der Waals surface area contributed by atoms with Gasteiger partial charge in [0.05, 0.1) is 19.8 Å². The van der Waals surface area contributed by atoms with Crippen molar-refractivity contribution in [2.24, 2.45) is 0 Å². The van der Waals surface area contributed by atoms with Crippen molar-refractivity contribution in [1.82, 2.24) is 0 Å². The highest BCUT2D eigenvalue weighted by Crippen LogP contribution is 2.39. The third kappa shape index (κ3) is 2.48. The van der Waals surface area contributed by atoms with Crippen LogP contribution in [0.4, 0.5) is 0 Å². The first-order valence-corrected chi connectivity index (χ1v) is 7.08. The molecule has 3 rings (SSSR count). The fraction of sp³-hybridized carbons (Fsp3) is 0.111. The number of ether oxygens (including phenoxy) is 2. The van der Waals surface area contributed by atoms with E-state index in [4.69, 9.17) is 4.42 Å². The number of carbonyl (C=O) groups excluding carboxylic acids is 2. The maximum atomic E-state index is 12.0. The number of hydrogen-bond acceptors (Lipinski definition) is 6. The summed E-state index contributed by atoms with van der Waals surface area (Å²) in [5.41, 5.74) is 0.610. The van der Waals surface area contributed by atoms with Crippen LogP contribution in [0.15, 0.2) is 46.9 Å². The molecule has 0 unspecified atom stereocenters. The van der Waals surface area contributed by atoms with E-state index >= 15 is 0 Å². The molecule has 0 spiro atoms. The van der Waals surface area contributed by atoms with E-state index in [1.807, 2.05) is 30.3 Å². The number of methoxy groups -OCH3 is 2. The van der Waals surface area contributed by atoms with E-state index in [9.17, 15) is 14.7 Å². The molecule has 0 radical (unpaired) electrons. The molecule has 0 saturated heterocycles. The van der Waals surface area contributed by atoms with Gasteiger partial charge in [-0.3, -0.25) is 0 Å². The van der Waals surface area contributed by atoms with Crippen LogP contribution in [0.25, 0.3) is 21.9 Å². The van der Waals surface area contributed by atoms with Gasteiger partial charge in [-0.2, -0.15) is 0 Å². The van der Waals surface area contributed by atoms with Crippen molar-refractivity contribution in [2.75, 3.05) is 14.2 Å². The Morgan fingerprint density at radius 1 is 0.917 bits per heavy atom. The van der Waals surface area contributed by atoms with Crippen LogP contribution in [-0.4, -0.2) is 31.3 Å². The molecule has 6 nitrogen and oxygen atoms in total. The lowest BCUT2D eigenvalue weighted by Crippen LogP contribution is -2.02. The van der Waals surface area contributed by atoms with Gasteiger partial charge in [0.1, 0.15) is 0 Å². The highest BCUT2D eigenvalue weighted by atomic mass is 16.6. The molecule has 0 aliphatic carbocycles. The second-order valence-electron chi connectivity index (χ2n) is 5.03. The molecule has 1 heterocycles. The summed E-state index contributed by atoms with van der Waals surface area (Å²) >= 11 is 0. The average Bonchev–Trinajstić information content (AvgIpc) is 2.97. The van der Waals surface area contributed by atoms with Crippen LogP contribution in [0.1, 0.15) is 21.1 Å². The largest absolute Gasteiger partial charge is 0.504 e. The van der Waals surface area contributed by atoms with Gasteiger partial charge in [0.2, 0.25) is 5.76 Å². The second kappa shape index (κ2) is 6.08. The summed E-state index contributed by atoms with van der Waals surface area (Å²) in [6.45, 7) is 0. The van der Waals surface area contributed by atoms with Crippen LogP contribution >= 0.6 is 0 Å². The molecule has 2 aromatic carbocycles. The highest BCUT2D eigenvalue weighted by molar-refractivity contribution is 6.02. The zero-order valence-electron chi connectivity index (χ0n) is 13.0. The predicted molar refractivity (Wildman–Crippen MR) is 86.0 cm³/mol. The number of benzene rings is 2. The van der Waals surface area contributed by atoms with Gasteiger partial charge in [-0.15, -0.1) is 0 Å². The van der Waals surface area contributed by atoms with E-state index < -0.39 is 23.4 Å². The van der Waals surface area contributed by atoms with Gasteiger partial charge < -0.3 is 19.0 Å². The first-order chi connectivity index (χ1) is 11.6. The Labute approximate surface area is 137 Å². The maximum absolute atomic E-state index is 12.0. The number of fused-ring (bicyclic) bond motifs is 1. The smallest absolute Gasteiger partial charge is 0.377 e. The number of rotatable bonds is 3. The molecule has 0 atom stereocenters. The fourth-order valence-corrected chi connectivity index (χ4v) is 2.50. The summed E-state index contributed by atoms with van der Waals surface area (Å²) < 4.78 is 14.5. The average molecular weight is 326 g/mol. The lowest BCUT2D eigenvalue weighted by atomic mass is 10.0. The van der Waals surface area contributed by atoms with Crippen molar-refractivity contribution in [3.8, 4) is 16.9 Å². The van der Waals surface area contributed by atoms with Crippen LogP contribution in [0.3, 0.4) is 0 Å².